The molecule has 0 unspecified atom stereocenters. The van der Waals surface area contributed by atoms with E-state index in [4.69, 9.17) is 16.3 Å². The van der Waals surface area contributed by atoms with Crippen LogP contribution in [0.5, 0.6) is 5.75 Å². The monoisotopic (exact) mass is 317 g/mol. The summed E-state index contributed by atoms with van der Waals surface area (Å²) in [6.07, 6.45) is 0. The molecule has 0 saturated carbocycles. The van der Waals surface area contributed by atoms with E-state index in [0.717, 1.165) is 5.56 Å². The lowest BCUT2D eigenvalue weighted by molar-refractivity contribution is -0.114. The minimum Gasteiger partial charge on any atom is -0.484 e. The summed E-state index contributed by atoms with van der Waals surface area (Å²) in [5.41, 5.74) is 2.16. The summed E-state index contributed by atoms with van der Waals surface area (Å²) < 4.78 is 5.48. The third kappa shape index (κ3) is 4.33. The van der Waals surface area contributed by atoms with Crippen molar-refractivity contribution in [3.63, 3.8) is 0 Å². The fourth-order valence-corrected chi connectivity index (χ4v) is 2.06. The minimum atomic E-state index is -0.160. The third-order valence-corrected chi connectivity index (χ3v) is 3.28. The van der Waals surface area contributed by atoms with Crippen LogP contribution in [0.3, 0.4) is 0 Å². The van der Waals surface area contributed by atoms with Gasteiger partial charge in [-0.05, 0) is 48.9 Å². The zero-order valence-corrected chi connectivity index (χ0v) is 13.1. The Morgan fingerprint density at radius 1 is 1.14 bits per heavy atom. The number of aryl methyl sites for hydroxylation is 1. The molecule has 0 aromatic heterocycles. The number of ketones is 1. The number of nitrogens with one attached hydrogen (secondary N) is 1. The quantitative estimate of drug-likeness (QED) is 0.852. The zero-order chi connectivity index (χ0) is 16.1. The Bertz CT molecular complexity index is 696. The van der Waals surface area contributed by atoms with E-state index in [1.165, 1.54) is 6.92 Å². The fraction of sp³-hybridized carbons (Fsp3) is 0.176. The Hall–Kier alpha value is -2.33. The van der Waals surface area contributed by atoms with E-state index in [-0.39, 0.29) is 18.3 Å². The van der Waals surface area contributed by atoms with Crippen LogP contribution < -0.4 is 10.1 Å². The largest absolute Gasteiger partial charge is 0.484 e. The van der Waals surface area contributed by atoms with Crippen LogP contribution in [0.25, 0.3) is 0 Å². The first-order valence-corrected chi connectivity index (χ1v) is 7.13. The topological polar surface area (TPSA) is 55.4 Å². The Morgan fingerprint density at radius 2 is 1.82 bits per heavy atom. The number of Topliss-reactive ketones (excluding diaryl/α,β-unsaturated/α-hetero) is 1. The number of carbonyl (C=O) groups excluding carboxylic acids is 2. The highest BCUT2D eigenvalue weighted by atomic mass is 35.5. The first kappa shape index (κ1) is 16.0. The summed E-state index contributed by atoms with van der Waals surface area (Å²) >= 11 is 6.02. The molecule has 5 heteroatoms. The van der Waals surface area contributed by atoms with Crippen LogP contribution in [-0.2, 0) is 4.79 Å². The highest BCUT2D eigenvalue weighted by Gasteiger charge is 2.09. The van der Waals surface area contributed by atoms with E-state index < -0.39 is 0 Å². The summed E-state index contributed by atoms with van der Waals surface area (Å²) in [6.45, 7) is 3.26. The molecule has 0 saturated heterocycles. The summed E-state index contributed by atoms with van der Waals surface area (Å²) in [4.78, 5) is 23.0. The Morgan fingerprint density at radius 3 is 2.45 bits per heavy atom. The average Bonchev–Trinajstić information content (AvgIpc) is 2.48. The van der Waals surface area contributed by atoms with Crippen molar-refractivity contribution in [1.29, 1.82) is 0 Å². The van der Waals surface area contributed by atoms with E-state index in [9.17, 15) is 9.59 Å². The van der Waals surface area contributed by atoms with E-state index in [1.807, 2.05) is 13.0 Å². The Labute approximate surface area is 134 Å². The Balaban J connectivity index is 2.00. The van der Waals surface area contributed by atoms with Crippen molar-refractivity contribution in [3.05, 3.63) is 58.6 Å². The van der Waals surface area contributed by atoms with Crippen molar-refractivity contribution in [2.24, 2.45) is 0 Å². The maximum absolute atomic E-state index is 12.1. The second-order valence-electron chi connectivity index (χ2n) is 4.90. The predicted molar refractivity (Wildman–Crippen MR) is 86.8 cm³/mol. The van der Waals surface area contributed by atoms with Gasteiger partial charge >= 0.3 is 0 Å². The van der Waals surface area contributed by atoms with Gasteiger partial charge < -0.3 is 10.1 Å². The van der Waals surface area contributed by atoms with Crippen molar-refractivity contribution in [3.8, 4) is 5.75 Å². The molecule has 0 aliphatic heterocycles. The minimum absolute atomic E-state index is 0.0946. The lowest BCUT2D eigenvalue weighted by Crippen LogP contribution is -2.12. The SMILES string of the molecule is CC(=O)Nc1ccc(C(=O)COc2cc(C)ccc2Cl)cc1. The van der Waals surface area contributed by atoms with Gasteiger partial charge in [0, 0.05) is 18.2 Å². The third-order valence-electron chi connectivity index (χ3n) is 2.97. The molecule has 0 aliphatic carbocycles. The molecule has 0 atom stereocenters. The van der Waals surface area contributed by atoms with E-state index in [2.05, 4.69) is 5.32 Å². The van der Waals surface area contributed by atoms with Crippen LogP contribution in [0.2, 0.25) is 5.02 Å². The van der Waals surface area contributed by atoms with Gasteiger partial charge in [0.25, 0.3) is 0 Å². The number of hydrogen-bond donors (Lipinski definition) is 1. The number of amides is 1. The van der Waals surface area contributed by atoms with Gasteiger partial charge in [-0.3, -0.25) is 9.59 Å². The van der Waals surface area contributed by atoms with Crippen molar-refractivity contribution in [2.45, 2.75) is 13.8 Å². The number of halogens is 1. The molecule has 114 valence electrons. The summed E-state index contributed by atoms with van der Waals surface area (Å²) in [5, 5.41) is 3.12. The molecular weight excluding hydrogens is 302 g/mol. The van der Waals surface area contributed by atoms with E-state index in [1.54, 1.807) is 36.4 Å². The number of hydrogen-bond acceptors (Lipinski definition) is 3. The Kier molecular flexibility index (Phi) is 5.17. The average molecular weight is 318 g/mol. The lowest BCUT2D eigenvalue weighted by Gasteiger charge is -2.09. The highest BCUT2D eigenvalue weighted by Crippen LogP contribution is 2.25. The van der Waals surface area contributed by atoms with Gasteiger partial charge in [-0.25, -0.2) is 0 Å². The first-order chi connectivity index (χ1) is 10.5. The van der Waals surface area contributed by atoms with Gasteiger partial charge in [0.05, 0.1) is 5.02 Å². The number of carbonyl (C=O) groups is 2. The first-order valence-electron chi connectivity index (χ1n) is 6.75. The lowest BCUT2D eigenvalue weighted by atomic mass is 10.1. The number of rotatable bonds is 5. The number of anilines is 1. The van der Waals surface area contributed by atoms with Crippen molar-refractivity contribution in [2.75, 3.05) is 11.9 Å². The summed E-state index contributed by atoms with van der Waals surface area (Å²) in [5.74, 6) is 0.174. The van der Waals surface area contributed by atoms with E-state index in [0.29, 0.717) is 22.0 Å². The fourth-order valence-electron chi connectivity index (χ4n) is 1.89. The van der Waals surface area contributed by atoms with Crippen LogP contribution in [0.4, 0.5) is 5.69 Å². The van der Waals surface area contributed by atoms with Gasteiger partial charge in [0.15, 0.2) is 12.4 Å². The molecule has 2 aromatic carbocycles. The standard InChI is InChI=1S/C17H16ClNO3/c1-11-3-8-15(18)17(9-11)22-10-16(21)13-4-6-14(7-5-13)19-12(2)20/h3-9H,10H2,1-2H3,(H,19,20). The van der Waals surface area contributed by atoms with Gasteiger partial charge in [0.2, 0.25) is 5.91 Å². The molecule has 0 bridgehead atoms. The van der Waals surface area contributed by atoms with Crippen LogP contribution >= 0.6 is 11.6 Å². The highest BCUT2D eigenvalue weighted by molar-refractivity contribution is 6.32. The van der Waals surface area contributed by atoms with Gasteiger partial charge in [-0.15, -0.1) is 0 Å². The summed E-state index contributed by atoms with van der Waals surface area (Å²) in [7, 11) is 0. The second-order valence-corrected chi connectivity index (χ2v) is 5.31. The van der Waals surface area contributed by atoms with Crippen LogP contribution in [0.15, 0.2) is 42.5 Å². The molecule has 4 nitrogen and oxygen atoms in total. The maximum atomic E-state index is 12.1. The molecule has 1 N–H and O–H groups in total. The second kappa shape index (κ2) is 7.09. The van der Waals surface area contributed by atoms with Crippen molar-refractivity contribution >= 4 is 29.0 Å². The molecule has 2 aromatic rings. The molecular formula is C17H16ClNO3. The van der Waals surface area contributed by atoms with Gasteiger partial charge in [-0.1, -0.05) is 17.7 Å². The summed E-state index contributed by atoms with van der Waals surface area (Å²) in [6, 6.07) is 12.0. The maximum Gasteiger partial charge on any atom is 0.221 e. The molecule has 0 aliphatic rings. The van der Waals surface area contributed by atoms with Crippen LogP contribution in [0.1, 0.15) is 22.8 Å². The van der Waals surface area contributed by atoms with Crippen LogP contribution in [-0.4, -0.2) is 18.3 Å². The zero-order valence-electron chi connectivity index (χ0n) is 12.4. The predicted octanol–water partition coefficient (Wildman–Crippen LogP) is 3.87. The molecule has 0 fully saturated rings. The number of ether oxygens (including phenoxy) is 1. The molecule has 0 radical (unpaired) electrons. The van der Waals surface area contributed by atoms with Gasteiger partial charge in [0.1, 0.15) is 5.75 Å². The normalized spacial score (nSPS) is 10.1. The number of benzene rings is 2. The van der Waals surface area contributed by atoms with Gasteiger partial charge in [-0.2, -0.15) is 0 Å². The molecule has 22 heavy (non-hydrogen) atoms. The van der Waals surface area contributed by atoms with Crippen molar-refractivity contribution in [1.82, 2.24) is 0 Å². The van der Waals surface area contributed by atoms with E-state index >= 15 is 0 Å². The molecule has 2 rings (SSSR count). The smallest absolute Gasteiger partial charge is 0.221 e. The molecule has 1 amide bonds. The van der Waals surface area contributed by atoms with Crippen LogP contribution in [0, 0.1) is 6.92 Å². The molecule has 0 heterocycles. The molecule has 0 spiro atoms. The van der Waals surface area contributed by atoms with Crippen molar-refractivity contribution < 1.29 is 14.3 Å².